The summed E-state index contributed by atoms with van der Waals surface area (Å²) in [6.07, 6.45) is 5.24. The molecule has 0 spiro atoms. The molecule has 0 bridgehead atoms. The van der Waals surface area contributed by atoms with Crippen molar-refractivity contribution in [1.82, 2.24) is 4.90 Å². The van der Waals surface area contributed by atoms with Crippen LogP contribution in [0.4, 0.5) is 0 Å². The van der Waals surface area contributed by atoms with Crippen molar-refractivity contribution in [3.05, 3.63) is 59.1 Å². The molecular weight excluding hydrogens is 390 g/mol. The van der Waals surface area contributed by atoms with E-state index in [4.69, 9.17) is 16.3 Å². The largest absolute Gasteiger partial charge is 0.493 e. The van der Waals surface area contributed by atoms with Gasteiger partial charge in [0.05, 0.1) is 6.61 Å². The molecule has 29 heavy (non-hydrogen) atoms. The number of carboxylic acids is 1. The Morgan fingerprint density at radius 1 is 1.21 bits per heavy atom. The predicted octanol–water partition coefficient (Wildman–Crippen LogP) is 4.88. The highest BCUT2D eigenvalue weighted by Crippen LogP contribution is 2.38. The van der Waals surface area contributed by atoms with Crippen LogP contribution in [0.1, 0.15) is 31.7 Å². The number of nitrogens with zero attached hydrogens (tertiary/aromatic N) is 1. The summed E-state index contributed by atoms with van der Waals surface area (Å²) in [5, 5.41) is 9.95. The van der Waals surface area contributed by atoms with Crippen LogP contribution in [0.5, 0.6) is 5.75 Å². The van der Waals surface area contributed by atoms with Crippen molar-refractivity contribution in [2.45, 2.75) is 32.2 Å². The fourth-order valence-electron chi connectivity index (χ4n) is 3.63. The first-order chi connectivity index (χ1) is 14.0. The van der Waals surface area contributed by atoms with Gasteiger partial charge in [-0.25, -0.2) is 4.79 Å². The van der Waals surface area contributed by atoms with Crippen LogP contribution in [0.3, 0.4) is 0 Å². The van der Waals surface area contributed by atoms with E-state index in [0.29, 0.717) is 30.3 Å². The van der Waals surface area contributed by atoms with Crippen molar-refractivity contribution >= 4 is 29.6 Å². The Labute approximate surface area is 175 Å². The van der Waals surface area contributed by atoms with Crippen LogP contribution in [0.2, 0.25) is 5.02 Å². The van der Waals surface area contributed by atoms with Crippen molar-refractivity contribution in [1.29, 1.82) is 0 Å². The molecular formula is C23H24ClNO4. The van der Waals surface area contributed by atoms with E-state index in [0.717, 1.165) is 29.5 Å². The number of piperidine rings is 1. The van der Waals surface area contributed by atoms with Crippen molar-refractivity contribution in [2.24, 2.45) is 0 Å². The number of halogens is 1. The highest BCUT2D eigenvalue weighted by molar-refractivity contribution is 6.33. The van der Waals surface area contributed by atoms with Gasteiger partial charge in [-0.1, -0.05) is 41.9 Å². The number of benzene rings is 2. The topological polar surface area (TPSA) is 66.8 Å². The maximum atomic E-state index is 12.7. The Morgan fingerprint density at radius 3 is 2.76 bits per heavy atom. The minimum Gasteiger partial charge on any atom is -0.493 e. The molecule has 1 aliphatic heterocycles. The van der Waals surface area contributed by atoms with E-state index in [1.165, 1.54) is 11.0 Å². The first-order valence-electron chi connectivity index (χ1n) is 9.75. The van der Waals surface area contributed by atoms with Gasteiger partial charge in [-0.05, 0) is 50.0 Å². The first kappa shape index (κ1) is 20.9. The van der Waals surface area contributed by atoms with Crippen molar-refractivity contribution in [3.8, 4) is 16.9 Å². The van der Waals surface area contributed by atoms with Crippen LogP contribution in [-0.4, -0.2) is 41.1 Å². The molecule has 1 unspecified atom stereocenters. The standard InChI is InChI=1S/C23H24ClNO4/c1-2-29-20-12-4-3-9-17(20)22-16(8-7-10-18(22)24)13-14-21(26)25-15-6-5-11-19(25)23(27)28/h3-4,7-10,12-14,19H,2,5-6,11,15H2,1H3,(H,27,28). The SMILES string of the molecule is CCOc1ccccc1-c1c(Cl)cccc1C=CC(=O)N1CCCCC1C(=O)O. The quantitative estimate of drug-likeness (QED) is 0.685. The molecule has 1 aliphatic rings. The number of amides is 1. The summed E-state index contributed by atoms with van der Waals surface area (Å²) in [4.78, 5) is 25.6. The lowest BCUT2D eigenvalue weighted by molar-refractivity contribution is -0.150. The fraction of sp³-hybridized carbons (Fsp3) is 0.304. The zero-order chi connectivity index (χ0) is 20.8. The van der Waals surface area contributed by atoms with Gasteiger partial charge in [0.1, 0.15) is 11.8 Å². The van der Waals surface area contributed by atoms with E-state index in [9.17, 15) is 14.7 Å². The number of rotatable bonds is 6. The van der Waals surface area contributed by atoms with E-state index in [1.54, 1.807) is 12.1 Å². The molecule has 0 saturated carbocycles. The van der Waals surface area contributed by atoms with E-state index in [-0.39, 0.29) is 5.91 Å². The summed E-state index contributed by atoms with van der Waals surface area (Å²) in [7, 11) is 0. The summed E-state index contributed by atoms with van der Waals surface area (Å²) in [6.45, 7) is 2.90. The molecule has 2 aromatic carbocycles. The molecule has 1 N–H and O–H groups in total. The van der Waals surface area contributed by atoms with Gasteiger partial charge in [0.15, 0.2) is 0 Å². The Balaban J connectivity index is 1.94. The number of likely N-dealkylation sites (tertiary alicyclic amines) is 1. The molecule has 6 heteroatoms. The number of para-hydroxylation sites is 1. The van der Waals surface area contributed by atoms with Crippen LogP contribution in [0.25, 0.3) is 17.2 Å². The fourth-order valence-corrected chi connectivity index (χ4v) is 3.91. The number of carbonyl (C=O) groups excluding carboxylic acids is 1. The molecule has 1 atom stereocenters. The lowest BCUT2D eigenvalue weighted by Crippen LogP contribution is -2.47. The number of hydrogen-bond acceptors (Lipinski definition) is 3. The summed E-state index contributed by atoms with van der Waals surface area (Å²) >= 11 is 6.50. The summed E-state index contributed by atoms with van der Waals surface area (Å²) < 4.78 is 5.74. The molecule has 152 valence electrons. The van der Waals surface area contributed by atoms with Gasteiger partial charge in [0.25, 0.3) is 0 Å². The monoisotopic (exact) mass is 413 g/mol. The van der Waals surface area contributed by atoms with E-state index in [1.807, 2.05) is 43.3 Å². The highest BCUT2D eigenvalue weighted by atomic mass is 35.5. The third-order valence-electron chi connectivity index (χ3n) is 4.98. The van der Waals surface area contributed by atoms with Crippen molar-refractivity contribution < 1.29 is 19.4 Å². The first-order valence-corrected chi connectivity index (χ1v) is 10.1. The highest BCUT2D eigenvalue weighted by Gasteiger charge is 2.30. The number of carboxylic acid groups (broad SMARTS) is 1. The molecule has 3 rings (SSSR count). The molecule has 0 aliphatic carbocycles. The van der Waals surface area contributed by atoms with Crippen LogP contribution in [0.15, 0.2) is 48.5 Å². The molecule has 1 heterocycles. The second kappa shape index (κ2) is 9.61. The number of ether oxygens (including phenoxy) is 1. The molecule has 1 fully saturated rings. The number of aliphatic carboxylic acids is 1. The Morgan fingerprint density at radius 2 is 2.00 bits per heavy atom. The summed E-state index contributed by atoms with van der Waals surface area (Å²) in [6, 6.07) is 12.3. The molecule has 0 radical (unpaired) electrons. The lowest BCUT2D eigenvalue weighted by atomic mass is 9.98. The van der Waals surface area contributed by atoms with Gasteiger partial charge >= 0.3 is 5.97 Å². The normalized spacial score (nSPS) is 16.8. The maximum Gasteiger partial charge on any atom is 0.326 e. The third kappa shape index (κ3) is 4.80. The van der Waals surface area contributed by atoms with E-state index >= 15 is 0 Å². The molecule has 0 aromatic heterocycles. The second-order valence-electron chi connectivity index (χ2n) is 6.85. The minimum absolute atomic E-state index is 0.305. The number of carbonyl (C=O) groups is 2. The maximum absolute atomic E-state index is 12.7. The van der Waals surface area contributed by atoms with Crippen LogP contribution in [0, 0.1) is 0 Å². The van der Waals surface area contributed by atoms with Crippen molar-refractivity contribution in [2.75, 3.05) is 13.2 Å². The average molecular weight is 414 g/mol. The van der Waals surface area contributed by atoms with E-state index < -0.39 is 12.0 Å². The minimum atomic E-state index is -0.958. The van der Waals surface area contributed by atoms with Crippen LogP contribution in [-0.2, 0) is 9.59 Å². The second-order valence-corrected chi connectivity index (χ2v) is 7.26. The van der Waals surface area contributed by atoms with Crippen LogP contribution < -0.4 is 4.74 Å². The van der Waals surface area contributed by atoms with Crippen molar-refractivity contribution in [3.63, 3.8) is 0 Å². The van der Waals surface area contributed by atoms with E-state index in [2.05, 4.69) is 0 Å². The van der Waals surface area contributed by atoms with Gasteiger partial charge < -0.3 is 14.7 Å². The zero-order valence-corrected chi connectivity index (χ0v) is 17.1. The van der Waals surface area contributed by atoms with Gasteiger partial charge in [0.2, 0.25) is 5.91 Å². The smallest absolute Gasteiger partial charge is 0.326 e. The predicted molar refractivity (Wildman–Crippen MR) is 114 cm³/mol. The Bertz CT molecular complexity index is 925. The Kier molecular flexibility index (Phi) is 6.94. The summed E-state index contributed by atoms with van der Waals surface area (Å²) in [5.74, 6) is -0.548. The molecule has 1 saturated heterocycles. The summed E-state index contributed by atoms with van der Waals surface area (Å²) in [5.41, 5.74) is 2.38. The lowest BCUT2D eigenvalue weighted by Gasteiger charge is -2.32. The molecule has 2 aromatic rings. The number of hydrogen-bond donors (Lipinski definition) is 1. The third-order valence-corrected chi connectivity index (χ3v) is 5.29. The van der Waals surface area contributed by atoms with Gasteiger partial charge in [0, 0.05) is 28.8 Å². The van der Waals surface area contributed by atoms with Crippen LogP contribution >= 0.6 is 11.6 Å². The molecule has 1 amide bonds. The Hall–Kier alpha value is -2.79. The van der Waals surface area contributed by atoms with Gasteiger partial charge in [-0.3, -0.25) is 4.79 Å². The average Bonchev–Trinajstić information content (AvgIpc) is 2.73. The zero-order valence-electron chi connectivity index (χ0n) is 16.3. The van der Waals surface area contributed by atoms with Gasteiger partial charge in [-0.2, -0.15) is 0 Å². The van der Waals surface area contributed by atoms with Gasteiger partial charge in [-0.15, -0.1) is 0 Å². The molecule has 5 nitrogen and oxygen atoms in total.